The number of fused-ring (bicyclic) bond motifs is 1. The molecule has 0 spiro atoms. The number of benzene rings is 2. The van der Waals surface area contributed by atoms with E-state index >= 15 is 0 Å². The summed E-state index contributed by atoms with van der Waals surface area (Å²) in [6, 6.07) is 15.0. The van der Waals surface area contributed by atoms with Gasteiger partial charge in [-0.3, -0.25) is 14.5 Å². The monoisotopic (exact) mass is 504 g/mol. The molecule has 2 aliphatic rings. The Labute approximate surface area is 216 Å². The molecule has 1 aromatic heterocycles. The number of rotatable bonds is 8. The van der Waals surface area contributed by atoms with Crippen molar-refractivity contribution in [2.24, 2.45) is 0 Å². The number of carbonyl (C=O) groups excluding carboxylic acids is 2. The average molecular weight is 505 g/mol. The van der Waals surface area contributed by atoms with Crippen LogP contribution in [-0.4, -0.2) is 37.7 Å². The SMILES string of the molecule is CCOc1ccc([C@H](C(=O)NC2CCCCC2)N(C(=O)c2ccco2)c2ccc3c(c2)OCCO3)cc1. The summed E-state index contributed by atoms with van der Waals surface area (Å²) in [5, 5.41) is 3.22. The third-order valence-electron chi connectivity index (χ3n) is 6.72. The number of furan rings is 1. The van der Waals surface area contributed by atoms with Gasteiger partial charge in [0.15, 0.2) is 17.3 Å². The fraction of sp³-hybridized carbons (Fsp3) is 0.379. The summed E-state index contributed by atoms with van der Waals surface area (Å²) >= 11 is 0. The second-order valence-electron chi connectivity index (χ2n) is 9.23. The van der Waals surface area contributed by atoms with Gasteiger partial charge in [0.25, 0.3) is 5.91 Å². The van der Waals surface area contributed by atoms with Crippen LogP contribution in [-0.2, 0) is 4.79 Å². The lowest BCUT2D eigenvalue weighted by Crippen LogP contribution is -2.47. The molecule has 1 saturated carbocycles. The van der Waals surface area contributed by atoms with Crippen molar-refractivity contribution in [3.05, 3.63) is 72.2 Å². The topological polar surface area (TPSA) is 90.2 Å². The van der Waals surface area contributed by atoms with Crippen LogP contribution < -0.4 is 24.4 Å². The Hall–Kier alpha value is -3.94. The third-order valence-corrected chi connectivity index (χ3v) is 6.72. The van der Waals surface area contributed by atoms with Crippen molar-refractivity contribution in [2.45, 2.75) is 51.1 Å². The number of nitrogens with one attached hydrogen (secondary N) is 1. The van der Waals surface area contributed by atoms with Gasteiger partial charge >= 0.3 is 0 Å². The first-order valence-electron chi connectivity index (χ1n) is 12.9. The number of carbonyl (C=O) groups is 2. The van der Waals surface area contributed by atoms with Crippen molar-refractivity contribution in [2.75, 3.05) is 24.7 Å². The molecule has 0 radical (unpaired) electrons. The Bertz CT molecular complexity index is 1200. The first kappa shape index (κ1) is 24.7. The van der Waals surface area contributed by atoms with Gasteiger partial charge in [0.05, 0.1) is 12.9 Å². The summed E-state index contributed by atoms with van der Waals surface area (Å²) in [4.78, 5) is 29.4. The number of amides is 2. The molecule has 0 saturated heterocycles. The first-order chi connectivity index (χ1) is 18.1. The highest BCUT2D eigenvalue weighted by Gasteiger charge is 2.36. The average Bonchev–Trinajstić information content (AvgIpc) is 3.48. The van der Waals surface area contributed by atoms with Crippen LogP contribution in [0.1, 0.15) is 61.2 Å². The van der Waals surface area contributed by atoms with Crippen LogP contribution in [0, 0.1) is 0 Å². The highest BCUT2D eigenvalue weighted by molar-refractivity contribution is 6.08. The molecular weight excluding hydrogens is 472 g/mol. The zero-order valence-electron chi connectivity index (χ0n) is 21.0. The molecule has 2 amide bonds. The van der Waals surface area contributed by atoms with Crippen molar-refractivity contribution >= 4 is 17.5 Å². The van der Waals surface area contributed by atoms with Gasteiger partial charge in [-0.05, 0) is 61.7 Å². The van der Waals surface area contributed by atoms with E-state index in [2.05, 4.69) is 5.32 Å². The number of hydrogen-bond donors (Lipinski definition) is 1. The Morgan fingerprint density at radius 1 is 1.00 bits per heavy atom. The lowest BCUT2D eigenvalue weighted by molar-refractivity contribution is -0.123. The van der Waals surface area contributed by atoms with Gasteiger partial charge in [0, 0.05) is 17.8 Å². The van der Waals surface area contributed by atoms with E-state index in [4.69, 9.17) is 18.6 Å². The van der Waals surface area contributed by atoms with Crippen LogP contribution in [0.2, 0.25) is 0 Å². The summed E-state index contributed by atoms with van der Waals surface area (Å²) in [5.41, 5.74) is 1.16. The van der Waals surface area contributed by atoms with Crippen molar-refractivity contribution < 1.29 is 28.2 Å². The maximum Gasteiger partial charge on any atom is 0.294 e. The molecule has 37 heavy (non-hydrogen) atoms. The maximum absolute atomic E-state index is 14.0. The number of hydrogen-bond acceptors (Lipinski definition) is 6. The van der Waals surface area contributed by atoms with Gasteiger partial charge in [0.2, 0.25) is 5.91 Å². The highest BCUT2D eigenvalue weighted by atomic mass is 16.6. The predicted molar refractivity (Wildman–Crippen MR) is 138 cm³/mol. The van der Waals surface area contributed by atoms with E-state index in [1.165, 1.54) is 17.6 Å². The summed E-state index contributed by atoms with van der Waals surface area (Å²) in [5.74, 6) is 1.28. The normalized spacial score (nSPS) is 16.0. The van der Waals surface area contributed by atoms with E-state index in [0.717, 1.165) is 25.7 Å². The van der Waals surface area contributed by atoms with Crippen molar-refractivity contribution in [1.29, 1.82) is 0 Å². The van der Waals surface area contributed by atoms with Crippen LogP contribution in [0.25, 0.3) is 0 Å². The zero-order valence-corrected chi connectivity index (χ0v) is 21.0. The molecule has 5 rings (SSSR count). The van der Waals surface area contributed by atoms with Crippen LogP contribution >= 0.6 is 0 Å². The molecule has 1 N–H and O–H groups in total. The predicted octanol–water partition coefficient (Wildman–Crippen LogP) is 5.29. The third kappa shape index (κ3) is 5.58. The molecular formula is C29H32N2O6. The Morgan fingerprint density at radius 2 is 1.76 bits per heavy atom. The first-order valence-corrected chi connectivity index (χ1v) is 12.9. The maximum atomic E-state index is 14.0. The minimum absolute atomic E-state index is 0.0762. The van der Waals surface area contributed by atoms with Gasteiger partial charge < -0.3 is 23.9 Å². The molecule has 2 aromatic carbocycles. The molecule has 1 atom stereocenters. The molecule has 2 heterocycles. The van der Waals surface area contributed by atoms with E-state index in [1.54, 1.807) is 30.3 Å². The van der Waals surface area contributed by atoms with E-state index in [-0.39, 0.29) is 17.7 Å². The quantitative estimate of drug-likeness (QED) is 0.449. The van der Waals surface area contributed by atoms with E-state index < -0.39 is 11.9 Å². The van der Waals surface area contributed by atoms with Crippen molar-refractivity contribution in [1.82, 2.24) is 5.32 Å². The Morgan fingerprint density at radius 3 is 2.46 bits per heavy atom. The molecule has 8 heteroatoms. The van der Waals surface area contributed by atoms with E-state index in [1.807, 2.05) is 31.2 Å². The molecule has 3 aromatic rings. The lowest BCUT2D eigenvalue weighted by atomic mass is 9.94. The summed E-state index contributed by atoms with van der Waals surface area (Å²) in [7, 11) is 0. The van der Waals surface area contributed by atoms with E-state index in [9.17, 15) is 9.59 Å². The smallest absolute Gasteiger partial charge is 0.294 e. The van der Waals surface area contributed by atoms with Gasteiger partial charge in [-0.2, -0.15) is 0 Å². The largest absolute Gasteiger partial charge is 0.494 e. The van der Waals surface area contributed by atoms with Crippen LogP contribution in [0.4, 0.5) is 5.69 Å². The number of nitrogens with zero attached hydrogens (tertiary/aromatic N) is 1. The number of ether oxygens (including phenoxy) is 3. The minimum Gasteiger partial charge on any atom is -0.494 e. The van der Waals surface area contributed by atoms with Crippen LogP contribution in [0.15, 0.2) is 65.3 Å². The molecule has 1 aliphatic heterocycles. The minimum atomic E-state index is -0.947. The zero-order chi connectivity index (χ0) is 25.6. The molecule has 1 fully saturated rings. The van der Waals surface area contributed by atoms with Gasteiger partial charge in [-0.15, -0.1) is 0 Å². The standard InChI is InChI=1S/C29H32N2O6/c1-2-34-23-13-10-20(11-14-23)27(28(32)30-21-7-4-3-5-8-21)31(29(33)25-9-6-16-35-25)22-12-15-24-26(19-22)37-18-17-36-24/h6,9-16,19,21,27H,2-5,7-8,17-18H2,1H3,(H,30,32)/t27-/m1/s1. The Balaban J connectivity index is 1.58. The van der Waals surface area contributed by atoms with Crippen LogP contribution in [0.3, 0.4) is 0 Å². The lowest BCUT2D eigenvalue weighted by Gasteiger charge is -2.33. The second kappa shape index (κ2) is 11.4. The van der Waals surface area contributed by atoms with Crippen molar-refractivity contribution in [3.63, 3.8) is 0 Å². The fourth-order valence-electron chi connectivity index (χ4n) is 4.94. The summed E-state index contributed by atoms with van der Waals surface area (Å²) < 4.78 is 22.6. The highest BCUT2D eigenvalue weighted by Crippen LogP contribution is 2.38. The van der Waals surface area contributed by atoms with E-state index in [0.29, 0.717) is 48.3 Å². The second-order valence-corrected chi connectivity index (χ2v) is 9.23. The Kier molecular flexibility index (Phi) is 7.63. The molecule has 194 valence electrons. The number of anilines is 1. The fourth-order valence-corrected chi connectivity index (χ4v) is 4.94. The molecule has 8 nitrogen and oxygen atoms in total. The molecule has 0 unspecified atom stereocenters. The van der Waals surface area contributed by atoms with Gasteiger partial charge in [-0.25, -0.2) is 0 Å². The van der Waals surface area contributed by atoms with Crippen LogP contribution in [0.5, 0.6) is 17.2 Å². The van der Waals surface area contributed by atoms with Gasteiger partial charge in [-0.1, -0.05) is 31.4 Å². The van der Waals surface area contributed by atoms with Gasteiger partial charge in [0.1, 0.15) is 25.0 Å². The molecule has 0 bridgehead atoms. The van der Waals surface area contributed by atoms with Crippen molar-refractivity contribution in [3.8, 4) is 17.2 Å². The summed E-state index contributed by atoms with van der Waals surface area (Å²) in [6.45, 7) is 3.32. The summed E-state index contributed by atoms with van der Waals surface area (Å²) in [6.07, 6.45) is 6.64. The molecule has 1 aliphatic carbocycles.